The molecular weight excluding hydrogens is 242 g/mol. The van der Waals surface area contributed by atoms with Gasteiger partial charge in [-0.1, -0.05) is 0 Å². The van der Waals surface area contributed by atoms with Gasteiger partial charge in [-0.25, -0.2) is 0 Å². The first-order valence-corrected chi connectivity index (χ1v) is 6.16. The fourth-order valence-corrected chi connectivity index (χ4v) is 2.09. The van der Waals surface area contributed by atoms with E-state index in [4.69, 9.17) is 4.74 Å². The Bertz CT molecular complexity index is 575. The van der Waals surface area contributed by atoms with Gasteiger partial charge in [-0.15, -0.1) is 0 Å². The number of hydrogen-bond acceptors (Lipinski definition) is 4. The predicted molar refractivity (Wildman–Crippen MR) is 71.6 cm³/mol. The van der Waals surface area contributed by atoms with E-state index in [1.54, 1.807) is 23.0 Å². The topological polar surface area (TPSA) is 57.0 Å². The number of methoxy groups -OCH3 is 1. The van der Waals surface area contributed by atoms with Crippen molar-refractivity contribution in [1.29, 1.82) is 0 Å². The minimum Gasteiger partial charge on any atom is -0.493 e. The average molecular weight is 259 g/mol. The minimum absolute atomic E-state index is 0.0928. The Labute approximate surface area is 112 Å². The van der Waals surface area contributed by atoms with Crippen LogP contribution in [0.4, 0.5) is 0 Å². The van der Waals surface area contributed by atoms with Crippen molar-refractivity contribution >= 4 is 5.78 Å². The summed E-state index contributed by atoms with van der Waals surface area (Å²) in [6.45, 7) is 6.30. The maximum Gasteiger partial charge on any atom is 0.214 e. The summed E-state index contributed by atoms with van der Waals surface area (Å²) >= 11 is 0. The number of nitrogens with zero attached hydrogens (tertiary/aromatic N) is 3. The van der Waals surface area contributed by atoms with Crippen LogP contribution in [0.3, 0.4) is 0 Å². The van der Waals surface area contributed by atoms with Crippen molar-refractivity contribution in [3.8, 4) is 5.75 Å². The van der Waals surface area contributed by atoms with Crippen LogP contribution < -0.4 is 4.74 Å². The van der Waals surface area contributed by atoms with Crippen LogP contribution in [0.15, 0.2) is 18.3 Å². The number of carbonyl (C=O) groups excluding carboxylic acids is 1. The van der Waals surface area contributed by atoms with Gasteiger partial charge in [0.15, 0.2) is 11.4 Å². The Morgan fingerprint density at radius 3 is 2.47 bits per heavy atom. The van der Waals surface area contributed by atoms with E-state index in [1.165, 1.54) is 7.11 Å². The van der Waals surface area contributed by atoms with Crippen molar-refractivity contribution in [3.05, 3.63) is 41.0 Å². The quantitative estimate of drug-likeness (QED) is 0.789. The van der Waals surface area contributed by atoms with Crippen molar-refractivity contribution in [2.75, 3.05) is 7.11 Å². The molecule has 0 bridgehead atoms. The Morgan fingerprint density at radius 1 is 1.32 bits per heavy atom. The maximum absolute atomic E-state index is 12.6. The van der Waals surface area contributed by atoms with Gasteiger partial charge in [0.1, 0.15) is 0 Å². The molecule has 2 rings (SSSR count). The molecule has 0 N–H and O–H groups in total. The number of ether oxygens (including phenoxy) is 1. The van der Waals surface area contributed by atoms with Crippen molar-refractivity contribution in [2.45, 2.75) is 27.3 Å². The van der Waals surface area contributed by atoms with Crippen LogP contribution >= 0.6 is 0 Å². The molecule has 0 aromatic carbocycles. The molecule has 2 heterocycles. The van der Waals surface area contributed by atoms with Gasteiger partial charge in [0.2, 0.25) is 5.78 Å². The average Bonchev–Trinajstić information content (AvgIpc) is 2.79. The summed E-state index contributed by atoms with van der Waals surface area (Å²) in [5.41, 5.74) is 2.74. The highest BCUT2D eigenvalue weighted by molar-refractivity contribution is 6.09. The van der Waals surface area contributed by atoms with Gasteiger partial charge in [0.25, 0.3) is 0 Å². The van der Waals surface area contributed by atoms with E-state index in [-0.39, 0.29) is 5.78 Å². The second kappa shape index (κ2) is 5.22. The van der Waals surface area contributed by atoms with Gasteiger partial charge in [-0.3, -0.25) is 14.5 Å². The molecule has 0 aliphatic rings. The molecule has 5 nitrogen and oxygen atoms in total. The van der Waals surface area contributed by atoms with E-state index in [0.717, 1.165) is 11.4 Å². The van der Waals surface area contributed by atoms with E-state index in [0.29, 0.717) is 23.6 Å². The summed E-state index contributed by atoms with van der Waals surface area (Å²) in [7, 11) is 1.54. The number of aromatic nitrogens is 3. The highest BCUT2D eigenvalue weighted by Gasteiger charge is 2.20. The highest BCUT2D eigenvalue weighted by Crippen LogP contribution is 2.21. The normalized spacial score (nSPS) is 10.5. The standard InChI is InChI=1S/C14H17N3O2/c1-5-17-13(12(19-4)8-15-17)14(18)11-6-9(2)16-10(3)7-11/h6-8H,5H2,1-4H3. The van der Waals surface area contributed by atoms with E-state index < -0.39 is 0 Å². The molecule has 0 unspecified atom stereocenters. The molecular formula is C14H17N3O2. The van der Waals surface area contributed by atoms with Crippen LogP contribution in [0.2, 0.25) is 0 Å². The Kier molecular flexibility index (Phi) is 3.64. The zero-order valence-corrected chi connectivity index (χ0v) is 11.6. The van der Waals surface area contributed by atoms with Crippen LogP contribution in [0, 0.1) is 13.8 Å². The molecule has 2 aromatic rings. The Morgan fingerprint density at radius 2 is 1.95 bits per heavy atom. The number of aryl methyl sites for hydroxylation is 3. The first kappa shape index (κ1) is 13.3. The van der Waals surface area contributed by atoms with Gasteiger partial charge in [-0.05, 0) is 32.9 Å². The first-order valence-electron chi connectivity index (χ1n) is 6.16. The minimum atomic E-state index is -0.0928. The van der Waals surface area contributed by atoms with Crippen LogP contribution in [-0.4, -0.2) is 27.7 Å². The molecule has 0 amide bonds. The van der Waals surface area contributed by atoms with Crippen molar-refractivity contribution in [1.82, 2.24) is 14.8 Å². The van der Waals surface area contributed by atoms with Crippen molar-refractivity contribution < 1.29 is 9.53 Å². The predicted octanol–water partition coefficient (Wildman–Crippen LogP) is 2.15. The van der Waals surface area contributed by atoms with E-state index >= 15 is 0 Å². The van der Waals surface area contributed by atoms with Gasteiger partial charge in [0, 0.05) is 23.5 Å². The second-order valence-electron chi connectivity index (χ2n) is 4.35. The molecule has 0 saturated heterocycles. The third kappa shape index (κ3) is 2.50. The molecule has 2 aromatic heterocycles. The lowest BCUT2D eigenvalue weighted by Gasteiger charge is -2.07. The number of pyridine rings is 1. The Balaban J connectivity index is 2.52. The van der Waals surface area contributed by atoms with Gasteiger partial charge in [0.05, 0.1) is 13.3 Å². The summed E-state index contributed by atoms with van der Waals surface area (Å²) in [5, 5.41) is 4.15. The molecule has 5 heteroatoms. The third-order valence-corrected chi connectivity index (χ3v) is 2.88. The van der Waals surface area contributed by atoms with Gasteiger partial charge in [-0.2, -0.15) is 5.10 Å². The Hall–Kier alpha value is -2.17. The lowest BCUT2D eigenvalue weighted by molar-refractivity contribution is 0.102. The summed E-state index contributed by atoms with van der Waals surface area (Å²) < 4.78 is 6.86. The number of hydrogen-bond donors (Lipinski definition) is 0. The molecule has 0 fully saturated rings. The first-order chi connectivity index (χ1) is 9.06. The van der Waals surface area contributed by atoms with Gasteiger partial charge < -0.3 is 4.74 Å². The fraction of sp³-hybridized carbons (Fsp3) is 0.357. The molecule has 0 atom stereocenters. The van der Waals surface area contributed by atoms with Gasteiger partial charge >= 0.3 is 0 Å². The van der Waals surface area contributed by atoms with Crippen LogP contribution in [0.5, 0.6) is 5.75 Å². The largest absolute Gasteiger partial charge is 0.493 e. The molecule has 0 spiro atoms. The second-order valence-corrected chi connectivity index (χ2v) is 4.35. The third-order valence-electron chi connectivity index (χ3n) is 2.88. The summed E-state index contributed by atoms with van der Waals surface area (Å²) in [6.07, 6.45) is 1.57. The van der Waals surface area contributed by atoms with E-state index in [1.807, 2.05) is 20.8 Å². The molecule has 19 heavy (non-hydrogen) atoms. The number of carbonyl (C=O) groups is 1. The number of rotatable bonds is 4. The smallest absolute Gasteiger partial charge is 0.214 e. The maximum atomic E-state index is 12.6. The lowest BCUT2D eigenvalue weighted by atomic mass is 10.1. The molecule has 0 aliphatic heterocycles. The van der Waals surface area contributed by atoms with Crippen LogP contribution in [0.25, 0.3) is 0 Å². The van der Waals surface area contributed by atoms with Crippen LogP contribution in [0.1, 0.15) is 34.4 Å². The zero-order chi connectivity index (χ0) is 14.0. The summed E-state index contributed by atoms with van der Waals surface area (Å²) in [4.78, 5) is 16.9. The molecule has 0 saturated carbocycles. The van der Waals surface area contributed by atoms with E-state index in [9.17, 15) is 4.79 Å². The molecule has 100 valence electrons. The molecule has 0 aliphatic carbocycles. The van der Waals surface area contributed by atoms with E-state index in [2.05, 4.69) is 10.1 Å². The van der Waals surface area contributed by atoms with Crippen molar-refractivity contribution in [3.63, 3.8) is 0 Å². The lowest BCUT2D eigenvalue weighted by Crippen LogP contribution is -2.12. The summed E-state index contributed by atoms with van der Waals surface area (Å²) in [6, 6.07) is 3.56. The highest BCUT2D eigenvalue weighted by atomic mass is 16.5. The number of ketones is 1. The summed E-state index contributed by atoms with van der Waals surface area (Å²) in [5.74, 6) is 0.406. The monoisotopic (exact) mass is 259 g/mol. The van der Waals surface area contributed by atoms with Crippen molar-refractivity contribution in [2.24, 2.45) is 0 Å². The molecule has 0 radical (unpaired) electrons. The zero-order valence-electron chi connectivity index (χ0n) is 11.6. The SMILES string of the molecule is CCn1ncc(OC)c1C(=O)c1cc(C)nc(C)c1. The van der Waals surface area contributed by atoms with Crippen LogP contribution in [-0.2, 0) is 6.54 Å². The fourth-order valence-electron chi connectivity index (χ4n) is 2.09.